The van der Waals surface area contributed by atoms with Crippen molar-refractivity contribution in [3.63, 3.8) is 0 Å². The maximum absolute atomic E-state index is 5.29. The summed E-state index contributed by atoms with van der Waals surface area (Å²) in [5.74, 6) is 3.14. The number of ether oxygens (including phenoxy) is 1. The summed E-state index contributed by atoms with van der Waals surface area (Å²) in [5.41, 5.74) is 1.40. The van der Waals surface area contributed by atoms with Crippen LogP contribution in [0.1, 0.15) is 31.7 Å². The normalized spacial score (nSPS) is 21.9. The Morgan fingerprint density at radius 3 is 2.50 bits per heavy atom. The zero-order chi connectivity index (χ0) is 20.6. The molecule has 0 saturated carbocycles. The predicted octanol–water partition coefficient (Wildman–Crippen LogP) is 2.95. The van der Waals surface area contributed by atoms with E-state index in [1.807, 2.05) is 0 Å². The molecule has 30 heavy (non-hydrogen) atoms. The molecule has 3 rings (SSSR count). The van der Waals surface area contributed by atoms with Gasteiger partial charge in [-0.1, -0.05) is 19.1 Å². The molecule has 2 heterocycles. The smallest absolute Gasteiger partial charge is 0.193 e. The SMILES string of the molecule is CCNC(=NCC(C)CN1CCN(C)CC1)N1CCC(c2ccc(OC)cc2)C1.I. The molecule has 7 heteroatoms. The van der Waals surface area contributed by atoms with Gasteiger partial charge in [-0.15, -0.1) is 24.0 Å². The second kappa shape index (κ2) is 12.7. The average molecular weight is 530 g/mol. The van der Waals surface area contributed by atoms with Gasteiger partial charge in [-0.3, -0.25) is 4.99 Å². The van der Waals surface area contributed by atoms with Crippen molar-refractivity contribution in [2.24, 2.45) is 10.9 Å². The first-order valence-corrected chi connectivity index (χ1v) is 11.2. The van der Waals surface area contributed by atoms with Gasteiger partial charge in [0.25, 0.3) is 0 Å². The van der Waals surface area contributed by atoms with E-state index in [9.17, 15) is 0 Å². The second-order valence-electron chi connectivity index (χ2n) is 8.61. The summed E-state index contributed by atoms with van der Waals surface area (Å²) in [4.78, 5) is 12.4. The van der Waals surface area contributed by atoms with E-state index in [1.165, 1.54) is 38.2 Å². The zero-order valence-electron chi connectivity index (χ0n) is 19.1. The van der Waals surface area contributed by atoms with Crippen molar-refractivity contribution >= 4 is 29.9 Å². The number of nitrogens with zero attached hydrogens (tertiary/aromatic N) is 4. The third kappa shape index (κ3) is 7.27. The monoisotopic (exact) mass is 529 g/mol. The molecule has 2 atom stereocenters. The van der Waals surface area contributed by atoms with E-state index in [2.05, 4.69) is 65.2 Å². The number of guanidine groups is 1. The number of aliphatic imine (C=N–C) groups is 1. The minimum Gasteiger partial charge on any atom is -0.497 e. The van der Waals surface area contributed by atoms with Crippen LogP contribution in [0.2, 0.25) is 0 Å². The number of hydrogen-bond acceptors (Lipinski definition) is 4. The third-order valence-electron chi connectivity index (χ3n) is 6.13. The van der Waals surface area contributed by atoms with Crippen molar-refractivity contribution in [1.29, 1.82) is 0 Å². The van der Waals surface area contributed by atoms with Crippen LogP contribution in [-0.2, 0) is 0 Å². The molecule has 170 valence electrons. The highest BCUT2D eigenvalue weighted by Gasteiger charge is 2.26. The number of methoxy groups -OCH3 is 1. The molecular formula is C23H40IN5O. The Hall–Kier alpha value is -1.06. The van der Waals surface area contributed by atoms with Gasteiger partial charge in [0.05, 0.1) is 7.11 Å². The maximum Gasteiger partial charge on any atom is 0.193 e. The number of nitrogens with one attached hydrogen (secondary N) is 1. The van der Waals surface area contributed by atoms with E-state index < -0.39 is 0 Å². The van der Waals surface area contributed by atoms with Crippen molar-refractivity contribution in [2.45, 2.75) is 26.2 Å². The number of hydrogen-bond donors (Lipinski definition) is 1. The lowest BCUT2D eigenvalue weighted by molar-refractivity contribution is 0.140. The maximum atomic E-state index is 5.29. The Morgan fingerprint density at radius 2 is 1.87 bits per heavy atom. The Morgan fingerprint density at radius 1 is 1.17 bits per heavy atom. The molecule has 0 aromatic heterocycles. The first-order chi connectivity index (χ1) is 14.1. The first kappa shape index (κ1) is 25.2. The minimum absolute atomic E-state index is 0. The topological polar surface area (TPSA) is 43.3 Å². The molecule has 0 radical (unpaired) electrons. The van der Waals surface area contributed by atoms with Crippen LogP contribution in [0.5, 0.6) is 5.75 Å². The van der Waals surface area contributed by atoms with E-state index in [-0.39, 0.29) is 24.0 Å². The highest BCUT2D eigenvalue weighted by atomic mass is 127. The van der Waals surface area contributed by atoms with Crippen LogP contribution < -0.4 is 10.1 Å². The zero-order valence-corrected chi connectivity index (χ0v) is 21.5. The number of rotatable bonds is 7. The fourth-order valence-electron chi connectivity index (χ4n) is 4.30. The van der Waals surface area contributed by atoms with Crippen molar-refractivity contribution in [3.05, 3.63) is 29.8 Å². The largest absolute Gasteiger partial charge is 0.497 e. The number of halogens is 1. The molecule has 2 unspecified atom stereocenters. The first-order valence-electron chi connectivity index (χ1n) is 11.2. The summed E-state index contributed by atoms with van der Waals surface area (Å²) >= 11 is 0. The van der Waals surface area contributed by atoms with Crippen molar-refractivity contribution in [2.75, 3.05) is 73.1 Å². The molecule has 2 aliphatic rings. The van der Waals surface area contributed by atoms with Gasteiger partial charge >= 0.3 is 0 Å². The third-order valence-corrected chi connectivity index (χ3v) is 6.13. The van der Waals surface area contributed by atoms with Gasteiger partial charge in [-0.2, -0.15) is 0 Å². The lowest BCUT2D eigenvalue weighted by Gasteiger charge is -2.33. The summed E-state index contributed by atoms with van der Waals surface area (Å²) in [6.07, 6.45) is 1.17. The van der Waals surface area contributed by atoms with Gasteiger partial charge in [-0.05, 0) is 44.0 Å². The fraction of sp³-hybridized carbons (Fsp3) is 0.696. The van der Waals surface area contributed by atoms with Crippen LogP contribution >= 0.6 is 24.0 Å². The number of likely N-dealkylation sites (tertiary alicyclic amines) is 1. The quantitative estimate of drug-likeness (QED) is 0.335. The summed E-state index contributed by atoms with van der Waals surface area (Å²) in [6, 6.07) is 8.54. The van der Waals surface area contributed by atoms with E-state index in [1.54, 1.807) is 7.11 Å². The van der Waals surface area contributed by atoms with E-state index >= 15 is 0 Å². The molecule has 2 fully saturated rings. The molecule has 2 aliphatic heterocycles. The lowest BCUT2D eigenvalue weighted by Crippen LogP contribution is -2.46. The van der Waals surface area contributed by atoms with E-state index in [0.717, 1.165) is 44.4 Å². The number of likely N-dealkylation sites (N-methyl/N-ethyl adjacent to an activating group) is 1. The van der Waals surface area contributed by atoms with Gasteiger partial charge < -0.3 is 24.8 Å². The molecule has 0 amide bonds. The molecule has 0 bridgehead atoms. The van der Waals surface area contributed by atoms with Crippen molar-refractivity contribution < 1.29 is 4.74 Å². The highest BCUT2D eigenvalue weighted by Crippen LogP contribution is 2.28. The Labute approximate surface area is 200 Å². The van der Waals surface area contributed by atoms with Crippen LogP contribution in [0.3, 0.4) is 0 Å². The van der Waals surface area contributed by atoms with Crippen LogP contribution in [0.25, 0.3) is 0 Å². The Balaban J connectivity index is 0.00000320. The molecule has 2 saturated heterocycles. The summed E-state index contributed by atoms with van der Waals surface area (Å²) in [7, 11) is 3.93. The number of benzene rings is 1. The molecule has 0 aliphatic carbocycles. The number of piperazine rings is 1. The standard InChI is InChI=1S/C23H39N5O.HI/c1-5-24-23(25-16-19(2)17-27-14-12-26(3)13-15-27)28-11-10-21(18-28)20-6-8-22(29-4)9-7-20;/h6-9,19,21H,5,10-18H2,1-4H3,(H,24,25);1H. The lowest BCUT2D eigenvalue weighted by atomic mass is 9.98. The molecule has 1 aromatic carbocycles. The summed E-state index contributed by atoms with van der Waals surface area (Å²) in [5, 5.41) is 3.52. The van der Waals surface area contributed by atoms with Crippen LogP contribution in [0.15, 0.2) is 29.3 Å². The van der Waals surface area contributed by atoms with Gasteiger partial charge in [0.1, 0.15) is 5.75 Å². The molecule has 6 nitrogen and oxygen atoms in total. The van der Waals surface area contributed by atoms with Crippen LogP contribution in [0, 0.1) is 5.92 Å². The van der Waals surface area contributed by atoms with Gasteiger partial charge in [0.15, 0.2) is 5.96 Å². The molecule has 1 N–H and O–H groups in total. The van der Waals surface area contributed by atoms with Crippen LogP contribution in [0.4, 0.5) is 0 Å². The summed E-state index contributed by atoms with van der Waals surface area (Å²) in [6.45, 7) is 14.2. The van der Waals surface area contributed by atoms with Gasteiger partial charge in [-0.25, -0.2) is 0 Å². The molecular weight excluding hydrogens is 489 g/mol. The summed E-state index contributed by atoms with van der Waals surface area (Å²) < 4.78 is 5.29. The Bertz CT molecular complexity index is 645. The van der Waals surface area contributed by atoms with Gasteiger partial charge in [0, 0.05) is 64.8 Å². The van der Waals surface area contributed by atoms with Crippen molar-refractivity contribution in [1.82, 2.24) is 20.0 Å². The van der Waals surface area contributed by atoms with Crippen molar-refractivity contribution in [3.8, 4) is 5.75 Å². The highest BCUT2D eigenvalue weighted by molar-refractivity contribution is 14.0. The fourth-order valence-corrected chi connectivity index (χ4v) is 4.30. The Kier molecular flexibility index (Phi) is 10.7. The van der Waals surface area contributed by atoms with E-state index in [4.69, 9.17) is 9.73 Å². The van der Waals surface area contributed by atoms with E-state index in [0.29, 0.717) is 11.8 Å². The minimum atomic E-state index is 0. The van der Waals surface area contributed by atoms with Crippen LogP contribution in [-0.4, -0.2) is 93.7 Å². The van der Waals surface area contributed by atoms with Gasteiger partial charge in [0.2, 0.25) is 0 Å². The molecule has 1 aromatic rings. The second-order valence-corrected chi connectivity index (χ2v) is 8.61. The molecule has 0 spiro atoms. The average Bonchev–Trinajstić information content (AvgIpc) is 3.23. The predicted molar refractivity (Wildman–Crippen MR) is 136 cm³/mol.